The number of hydrogen-bond donors (Lipinski definition) is 2. The van der Waals surface area contributed by atoms with Crippen molar-refractivity contribution in [3.05, 3.63) is 35.4 Å². The Hall–Kier alpha value is -1.43. The van der Waals surface area contributed by atoms with Crippen LogP contribution >= 0.6 is 24.0 Å². The van der Waals surface area contributed by atoms with E-state index in [0.29, 0.717) is 11.5 Å². The molecule has 0 spiro atoms. The molecule has 0 aliphatic carbocycles. The maximum absolute atomic E-state index is 12.4. The van der Waals surface area contributed by atoms with Crippen LogP contribution in [0.5, 0.6) is 0 Å². The van der Waals surface area contributed by atoms with Gasteiger partial charge in [-0.25, -0.2) is 4.99 Å². The first-order chi connectivity index (χ1) is 9.97. The molecule has 0 aliphatic rings. The van der Waals surface area contributed by atoms with Gasteiger partial charge in [0.25, 0.3) is 0 Å². The summed E-state index contributed by atoms with van der Waals surface area (Å²) in [5.74, 6) is 6.26. The minimum atomic E-state index is -4.32. The van der Waals surface area contributed by atoms with E-state index in [4.69, 9.17) is 0 Å². The molecule has 0 radical (unpaired) electrons. The van der Waals surface area contributed by atoms with Gasteiger partial charge in [-0.05, 0) is 38.1 Å². The lowest BCUT2D eigenvalue weighted by Gasteiger charge is -2.07. The molecular formula is C15H19F3IN3. The summed E-state index contributed by atoms with van der Waals surface area (Å²) in [6, 6.07) is 4.76. The highest BCUT2D eigenvalue weighted by atomic mass is 127. The van der Waals surface area contributed by atoms with Crippen LogP contribution in [0.4, 0.5) is 13.2 Å². The van der Waals surface area contributed by atoms with E-state index in [1.54, 1.807) is 0 Å². The van der Waals surface area contributed by atoms with Gasteiger partial charge in [0, 0.05) is 18.7 Å². The molecule has 1 aromatic carbocycles. The van der Waals surface area contributed by atoms with Crippen LogP contribution in [0.15, 0.2) is 29.3 Å². The fourth-order valence-electron chi connectivity index (χ4n) is 1.51. The van der Waals surface area contributed by atoms with E-state index < -0.39 is 11.7 Å². The Bertz CT molecular complexity index is 520. The van der Waals surface area contributed by atoms with E-state index >= 15 is 0 Å². The molecule has 0 bridgehead atoms. The molecule has 0 aromatic heterocycles. The Labute approximate surface area is 145 Å². The average Bonchev–Trinajstić information content (AvgIpc) is 2.43. The minimum Gasteiger partial charge on any atom is -0.357 e. The quantitative estimate of drug-likeness (QED) is 0.338. The predicted octanol–water partition coefficient (Wildman–Crippen LogP) is 3.25. The van der Waals surface area contributed by atoms with Crippen LogP contribution in [0, 0.1) is 11.8 Å². The summed E-state index contributed by atoms with van der Waals surface area (Å²) in [6.45, 7) is 5.69. The van der Waals surface area contributed by atoms with Gasteiger partial charge in [-0.2, -0.15) is 13.2 Å². The minimum absolute atomic E-state index is 0. The number of rotatable bonds is 3. The Morgan fingerprint density at radius 1 is 1.09 bits per heavy atom. The molecule has 0 saturated carbocycles. The fraction of sp³-hybridized carbons (Fsp3) is 0.400. The van der Waals surface area contributed by atoms with E-state index in [2.05, 4.69) is 27.5 Å². The lowest BCUT2D eigenvalue weighted by atomic mass is 10.1. The Morgan fingerprint density at radius 2 is 1.64 bits per heavy atom. The van der Waals surface area contributed by atoms with Gasteiger partial charge in [-0.1, -0.05) is 11.8 Å². The summed E-state index contributed by atoms with van der Waals surface area (Å²) in [4.78, 5) is 4.22. The molecule has 0 amide bonds. The fourth-order valence-corrected chi connectivity index (χ4v) is 1.51. The smallest absolute Gasteiger partial charge is 0.357 e. The van der Waals surface area contributed by atoms with Crippen molar-refractivity contribution in [2.75, 3.05) is 19.6 Å². The van der Waals surface area contributed by atoms with Crippen molar-refractivity contribution in [2.45, 2.75) is 20.0 Å². The molecule has 1 rings (SSSR count). The maximum Gasteiger partial charge on any atom is 0.416 e. The molecule has 22 heavy (non-hydrogen) atoms. The highest BCUT2D eigenvalue weighted by Crippen LogP contribution is 2.28. The second kappa shape index (κ2) is 10.3. The van der Waals surface area contributed by atoms with Crippen molar-refractivity contribution in [1.82, 2.24) is 10.6 Å². The van der Waals surface area contributed by atoms with Crippen molar-refractivity contribution in [1.29, 1.82) is 0 Å². The molecule has 2 N–H and O–H groups in total. The third-order valence-electron chi connectivity index (χ3n) is 2.45. The van der Waals surface area contributed by atoms with Crippen molar-refractivity contribution in [3.63, 3.8) is 0 Å². The van der Waals surface area contributed by atoms with Gasteiger partial charge in [0.15, 0.2) is 5.96 Å². The van der Waals surface area contributed by atoms with Gasteiger partial charge in [-0.15, -0.1) is 24.0 Å². The molecule has 0 saturated heterocycles. The Balaban J connectivity index is 0.00000441. The van der Waals surface area contributed by atoms with Crippen LogP contribution in [-0.4, -0.2) is 25.6 Å². The average molecular weight is 425 g/mol. The topological polar surface area (TPSA) is 36.4 Å². The van der Waals surface area contributed by atoms with Crippen molar-refractivity contribution >= 4 is 29.9 Å². The molecule has 3 nitrogen and oxygen atoms in total. The molecule has 0 fully saturated rings. The summed E-state index contributed by atoms with van der Waals surface area (Å²) in [5.41, 5.74) is -0.140. The summed E-state index contributed by atoms with van der Waals surface area (Å²) >= 11 is 0. The van der Waals surface area contributed by atoms with E-state index in [-0.39, 0.29) is 30.5 Å². The number of benzene rings is 1. The van der Waals surface area contributed by atoms with Crippen molar-refractivity contribution < 1.29 is 13.2 Å². The highest BCUT2D eigenvalue weighted by Gasteiger charge is 2.29. The van der Waals surface area contributed by atoms with Gasteiger partial charge in [0.1, 0.15) is 6.54 Å². The van der Waals surface area contributed by atoms with Crippen LogP contribution in [0.3, 0.4) is 0 Å². The van der Waals surface area contributed by atoms with E-state index in [1.807, 2.05) is 13.8 Å². The van der Waals surface area contributed by atoms with Crippen LogP contribution in [-0.2, 0) is 6.18 Å². The zero-order valence-corrected chi connectivity index (χ0v) is 14.8. The van der Waals surface area contributed by atoms with E-state index in [1.165, 1.54) is 12.1 Å². The number of hydrogen-bond acceptors (Lipinski definition) is 1. The molecule has 0 atom stereocenters. The standard InChI is InChI=1S/C15H18F3N3.HI/c1-3-19-14(20-4-2)21-11-5-6-12-7-9-13(10-8-12)15(16,17)18;/h7-10H,3-4,11H2,1-2H3,(H2,19,20,21);1H. The third-order valence-corrected chi connectivity index (χ3v) is 2.45. The van der Waals surface area contributed by atoms with Gasteiger partial charge in [-0.3, -0.25) is 0 Å². The highest BCUT2D eigenvalue weighted by molar-refractivity contribution is 14.0. The lowest BCUT2D eigenvalue weighted by molar-refractivity contribution is -0.137. The molecule has 122 valence electrons. The number of alkyl halides is 3. The summed E-state index contributed by atoms with van der Waals surface area (Å²) in [5, 5.41) is 6.10. The van der Waals surface area contributed by atoms with Gasteiger partial charge < -0.3 is 10.6 Å². The number of aliphatic imine (C=N–C) groups is 1. The summed E-state index contributed by atoms with van der Waals surface area (Å²) in [6.07, 6.45) is -4.32. The summed E-state index contributed by atoms with van der Waals surface area (Å²) in [7, 11) is 0. The first kappa shape index (κ1) is 20.6. The molecule has 7 heteroatoms. The van der Waals surface area contributed by atoms with Crippen LogP contribution in [0.1, 0.15) is 25.0 Å². The number of guanidine groups is 1. The molecule has 0 unspecified atom stereocenters. The van der Waals surface area contributed by atoms with Crippen molar-refractivity contribution in [2.24, 2.45) is 4.99 Å². The van der Waals surface area contributed by atoms with E-state index in [0.717, 1.165) is 25.2 Å². The van der Waals surface area contributed by atoms with Gasteiger partial charge in [0.2, 0.25) is 0 Å². The number of nitrogens with zero attached hydrogens (tertiary/aromatic N) is 1. The zero-order valence-electron chi connectivity index (χ0n) is 12.4. The van der Waals surface area contributed by atoms with Crippen LogP contribution in [0.2, 0.25) is 0 Å². The molecule has 0 aliphatic heterocycles. The van der Waals surface area contributed by atoms with E-state index in [9.17, 15) is 13.2 Å². The maximum atomic E-state index is 12.4. The SMILES string of the molecule is CCNC(=NCC#Cc1ccc(C(F)(F)F)cc1)NCC.I. The number of nitrogens with one attached hydrogen (secondary N) is 2. The monoisotopic (exact) mass is 425 g/mol. The second-order valence-corrected chi connectivity index (χ2v) is 4.10. The summed E-state index contributed by atoms with van der Waals surface area (Å²) < 4.78 is 37.2. The predicted molar refractivity (Wildman–Crippen MR) is 93.4 cm³/mol. The molecule has 1 aromatic rings. The van der Waals surface area contributed by atoms with Crippen LogP contribution in [0.25, 0.3) is 0 Å². The Morgan fingerprint density at radius 3 is 2.09 bits per heavy atom. The third kappa shape index (κ3) is 7.54. The van der Waals surface area contributed by atoms with Gasteiger partial charge in [0.05, 0.1) is 5.56 Å². The second-order valence-electron chi connectivity index (χ2n) is 4.10. The van der Waals surface area contributed by atoms with Crippen molar-refractivity contribution in [3.8, 4) is 11.8 Å². The molecule has 0 heterocycles. The molecular weight excluding hydrogens is 406 g/mol. The first-order valence-electron chi connectivity index (χ1n) is 6.65. The largest absolute Gasteiger partial charge is 0.416 e. The first-order valence-corrected chi connectivity index (χ1v) is 6.65. The Kier molecular flexibility index (Phi) is 9.65. The number of halogens is 4. The van der Waals surface area contributed by atoms with Gasteiger partial charge >= 0.3 is 6.18 Å². The normalized spacial score (nSPS) is 9.86. The zero-order chi connectivity index (χ0) is 15.7. The lowest BCUT2D eigenvalue weighted by Crippen LogP contribution is -2.37. The van der Waals surface area contributed by atoms with Crippen LogP contribution < -0.4 is 10.6 Å².